The molecule has 0 spiro atoms. The fourth-order valence-corrected chi connectivity index (χ4v) is 0.739. The molecule has 0 aliphatic carbocycles. The molecule has 0 aromatic heterocycles. The fraction of sp³-hybridized carbons (Fsp3) is 0.857. The van der Waals surface area contributed by atoms with Crippen LogP contribution in [0.2, 0.25) is 0 Å². The second kappa shape index (κ2) is 4.54. The lowest BCUT2D eigenvalue weighted by Gasteiger charge is -2.16. The molecule has 0 bridgehead atoms. The Morgan fingerprint density at radius 2 is 2.10 bits per heavy atom. The van der Waals surface area contributed by atoms with E-state index in [2.05, 4.69) is 0 Å². The van der Waals surface area contributed by atoms with E-state index in [9.17, 15) is 0 Å². The smallest absolute Gasteiger partial charge is 0.0835 e. The Morgan fingerprint density at radius 1 is 1.60 bits per heavy atom. The lowest BCUT2D eigenvalue weighted by Crippen LogP contribution is -2.25. The Hall–Kier alpha value is -0.260. The normalized spacial score (nSPS) is 16.4. The molecule has 0 aromatic carbocycles. The molecule has 2 nitrogen and oxygen atoms in total. The van der Waals surface area contributed by atoms with Gasteiger partial charge in [-0.15, -0.1) is 11.6 Å². The van der Waals surface area contributed by atoms with Crippen molar-refractivity contribution in [3.63, 3.8) is 0 Å². The maximum absolute atomic E-state index is 9.13. The summed E-state index contributed by atoms with van der Waals surface area (Å²) in [5.41, 5.74) is 0. The molecular weight excluding hydrogens is 150 g/mol. The lowest BCUT2D eigenvalue weighted by atomic mass is 10.0. The average molecular weight is 162 g/mol. The van der Waals surface area contributed by atoms with Crippen molar-refractivity contribution in [3.05, 3.63) is 0 Å². The molecule has 0 saturated heterocycles. The van der Waals surface area contributed by atoms with E-state index in [4.69, 9.17) is 22.0 Å². The van der Waals surface area contributed by atoms with Crippen molar-refractivity contribution < 1.29 is 5.11 Å². The maximum Gasteiger partial charge on any atom is 0.0835 e. The van der Waals surface area contributed by atoms with Crippen molar-refractivity contribution in [2.75, 3.05) is 0 Å². The molecule has 2 atom stereocenters. The number of alkyl halides is 1. The molecule has 10 heavy (non-hydrogen) atoms. The first-order valence-corrected chi connectivity index (χ1v) is 3.72. The van der Waals surface area contributed by atoms with E-state index >= 15 is 0 Å². The van der Waals surface area contributed by atoms with Gasteiger partial charge in [-0.25, -0.2) is 0 Å². The van der Waals surface area contributed by atoms with E-state index in [1.165, 1.54) is 0 Å². The zero-order chi connectivity index (χ0) is 8.15. The molecule has 3 heteroatoms. The van der Waals surface area contributed by atoms with Crippen molar-refractivity contribution in [3.8, 4) is 6.07 Å². The summed E-state index contributed by atoms with van der Waals surface area (Å²) < 4.78 is 0. The van der Waals surface area contributed by atoms with Gasteiger partial charge < -0.3 is 5.11 Å². The van der Waals surface area contributed by atoms with E-state index < -0.39 is 6.10 Å². The van der Waals surface area contributed by atoms with Crippen molar-refractivity contribution >= 4 is 11.6 Å². The van der Waals surface area contributed by atoms with E-state index in [-0.39, 0.29) is 17.7 Å². The first-order chi connectivity index (χ1) is 4.59. The first kappa shape index (κ1) is 9.74. The van der Waals surface area contributed by atoms with Gasteiger partial charge in [-0.3, -0.25) is 0 Å². The van der Waals surface area contributed by atoms with Crippen LogP contribution >= 0.6 is 11.6 Å². The average Bonchev–Trinajstić information content (AvgIpc) is 1.87. The summed E-state index contributed by atoms with van der Waals surface area (Å²) in [4.78, 5) is 0. The summed E-state index contributed by atoms with van der Waals surface area (Å²) in [7, 11) is 0. The van der Waals surface area contributed by atoms with Crippen molar-refractivity contribution in [1.82, 2.24) is 0 Å². The largest absolute Gasteiger partial charge is 0.391 e. The van der Waals surface area contributed by atoms with Crippen LogP contribution in [0.5, 0.6) is 0 Å². The second-order valence-electron chi connectivity index (χ2n) is 2.62. The summed E-state index contributed by atoms with van der Waals surface area (Å²) in [6.07, 6.45) is -0.571. The molecular formula is C7H12ClNO. The SMILES string of the molecule is CC(C)C(Cl)C(O)CC#N. The summed E-state index contributed by atoms with van der Waals surface area (Å²) in [6, 6.07) is 1.87. The highest BCUT2D eigenvalue weighted by Crippen LogP contribution is 2.15. The Balaban J connectivity index is 3.72. The molecule has 0 aromatic rings. The van der Waals surface area contributed by atoms with Crippen molar-refractivity contribution in [2.45, 2.75) is 31.7 Å². The first-order valence-electron chi connectivity index (χ1n) is 3.28. The molecule has 1 N–H and O–H groups in total. The van der Waals surface area contributed by atoms with E-state index in [0.717, 1.165) is 0 Å². The van der Waals surface area contributed by atoms with Crippen LogP contribution in [0.4, 0.5) is 0 Å². The van der Waals surface area contributed by atoms with Gasteiger partial charge in [0.2, 0.25) is 0 Å². The number of aliphatic hydroxyl groups excluding tert-OH is 1. The highest BCUT2D eigenvalue weighted by atomic mass is 35.5. The van der Waals surface area contributed by atoms with Gasteiger partial charge in [0.25, 0.3) is 0 Å². The molecule has 2 unspecified atom stereocenters. The highest BCUT2D eigenvalue weighted by molar-refractivity contribution is 6.21. The van der Waals surface area contributed by atoms with Gasteiger partial charge in [0, 0.05) is 0 Å². The van der Waals surface area contributed by atoms with Gasteiger partial charge >= 0.3 is 0 Å². The van der Waals surface area contributed by atoms with Gasteiger partial charge in [-0.2, -0.15) is 5.26 Å². The van der Waals surface area contributed by atoms with Crippen molar-refractivity contribution in [2.24, 2.45) is 5.92 Å². The molecule has 0 rings (SSSR count). The number of hydrogen-bond donors (Lipinski definition) is 1. The van der Waals surface area contributed by atoms with Crippen LogP contribution in [-0.2, 0) is 0 Å². The number of rotatable bonds is 3. The number of nitrogens with zero attached hydrogens (tertiary/aromatic N) is 1. The Kier molecular flexibility index (Phi) is 4.42. The molecule has 0 aliphatic rings. The third-order valence-corrected chi connectivity index (χ3v) is 2.10. The third kappa shape index (κ3) is 3.05. The van der Waals surface area contributed by atoms with E-state index in [1.54, 1.807) is 0 Å². The highest BCUT2D eigenvalue weighted by Gasteiger charge is 2.18. The van der Waals surface area contributed by atoms with E-state index in [1.807, 2.05) is 19.9 Å². The molecule has 0 fully saturated rings. The molecule has 0 heterocycles. The topological polar surface area (TPSA) is 44.0 Å². The number of halogens is 1. The lowest BCUT2D eigenvalue weighted by molar-refractivity contribution is 0.158. The predicted molar refractivity (Wildman–Crippen MR) is 40.7 cm³/mol. The van der Waals surface area contributed by atoms with Crippen LogP contribution in [0.15, 0.2) is 0 Å². The zero-order valence-corrected chi connectivity index (χ0v) is 6.97. The van der Waals surface area contributed by atoms with Crippen LogP contribution in [0.25, 0.3) is 0 Å². The van der Waals surface area contributed by atoms with Crippen LogP contribution in [0.3, 0.4) is 0 Å². The third-order valence-electron chi connectivity index (χ3n) is 1.30. The second-order valence-corrected chi connectivity index (χ2v) is 3.12. The van der Waals surface area contributed by atoms with Gasteiger partial charge in [0.1, 0.15) is 0 Å². The predicted octanol–water partition coefficient (Wildman–Crippen LogP) is 1.52. The van der Waals surface area contributed by atoms with Crippen molar-refractivity contribution in [1.29, 1.82) is 5.26 Å². The summed E-state index contributed by atoms with van der Waals surface area (Å²) in [5.74, 6) is 0.213. The van der Waals surface area contributed by atoms with Gasteiger partial charge in [0.05, 0.1) is 24.0 Å². The van der Waals surface area contributed by atoms with Gasteiger partial charge in [-0.1, -0.05) is 13.8 Å². The zero-order valence-electron chi connectivity index (χ0n) is 6.21. The molecule has 0 saturated carbocycles. The minimum absolute atomic E-state index is 0.117. The quantitative estimate of drug-likeness (QED) is 0.638. The van der Waals surface area contributed by atoms with Crippen LogP contribution < -0.4 is 0 Å². The maximum atomic E-state index is 9.13. The van der Waals surface area contributed by atoms with Gasteiger partial charge in [0.15, 0.2) is 0 Å². The Morgan fingerprint density at radius 3 is 2.40 bits per heavy atom. The minimum Gasteiger partial charge on any atom is -0.391 e. The fourth-order valence-electron chi connectivity index (χ4n) is 0.650. The number of hydrogen-bond acceptors (Lipinski definition) is 2. The summed E-state index contributed by atoms with van der Waals surface area (Å²) in [5, 5.41) is 17.0. The monoisotopic (exact) mass is 161 g/mol. The molecule has 0 amide bonds. The Labute approximate surface area is 66.4 Å². The molecule has 58 valence electrons. The summed E-state index contributed by atoms with van der Waals surface area (Å²) >= 11 is 5.74. The number of aliphatic hydroxyl groups is 1. The van der Waals surface area contributed by atoms with Crippen LogP contribution in [0.1, 0.15) is 20.3 Å². The Bertz CT molecular complexity index is 130. The van der Waals surface area contributed by atoms with Crippen LogP contribution in [0, 0.1) is 17.2 Å². The number of nitriles is 1. The minimum atomic E-state index is -0.688. The van der Waals surface area contributed by atoms with Crippen LogP contribution in [-0.4, -0.2) is 16.6 Å². The molecule has 0 radical (unpaired) electrons. The standard InChI is InChI=1S/C7H12ClNO/c1-5(2)7(8)6(10)3-4-9/h5-7,10H,3H2,1-2H3. The summed E-state index contributed by atoms with van der Waals surface area (Å²) in [6.45, 7) is 3.83. The molecule has 0 aliphatic heterocycles. The van der Waals surface area contributed by atoms with Gasteiger partial charge in [-0.05, 0) is 5.92 Å². The van der Waals surface area contributed by atoms with E-state index in [0.29, 0.717) is 0 Å².